The number of nitrogens with one attached hydrogen (secondary N) is 2. The molecule has 1 aromatic carbocycles. The molecule has 3 rings (SSSR count). The summed E-state index contributed by atoms with van der Waals surface area (Å²) in [5.74, 6) is 0. The maximum atomic E-state index is 5.53. The molecule has 0 amide bonds. The van der Waals surface area contributed by atoms with Crippen LogP contribution in [-0.4, -0.2) is 25.7 Å². The lowest BCUT2D eigenvalue weighted by molar-refractivity contribution is 0.547. The molecule has 0 aliphatic carbocycles. The topological polar surface area (TPSA) is 37.2 Å². The fourth-order valence-electron chi connectivity index (χ4n) is 2.47. The maximum absolute atomic E-state index is 5.53. The third-order valence-electron chi connectivity index (χ3n) is 3.45. The molecular weight excluding hydrogens is 212 g/mol. The Kier molecular flexibility index (Phi) is 3.12. The molecule has 0 saturated carbocycles. The predicted octanol–water partition coefficient (Wildman–Crippen LogP) is 1.93. The molecule has 1 aromatic heterocycles. The van der Waals surface area contributed by atoms with Crippen LogP contribution in [0.15, 0.2) is 34.9 Å². The van der Waals surface area contributed by atoms with E-state index in [9.17, 15) is 0 Å². The molecule has 90 valence electrons. The molecule has 2 N–H and O–H groups in total. The Labute approximate surface area is 101 Å². The minimum absolute atomic E-state index is 0.646. The van der Waals surface area contributed by atoms with Gasteiger partial charge in [-0.05, 0) is 37.6 Å². The highest BCUT2D eigenvalue weighted by molar-refractivity contribution is 5.80. The van der Waals surface area contributed by atoms with Crippen molar-refractivity contribution in [2.45, 2.75) is 18.9 Å². The average Bonchev–Trinajstić information content (AvgIpc) is 2.99. The van der Waals surface area contributed by atoms with E-state index in [1.807, 2.05) is 18.4 Å². The Morgan fingerprint density at radius 1 is 1.35 bits per heavy atom. The Bertz CT molecular complexity index is 486. The lowest BCUT2D eigenvalue weighted by Gasteiger charge is -2.10. The van der Waals surface area contributed by atoms with Gasteiger partial charge in [-0.3, -0.25) is 0 Å². The normalized spacial score (nSPS) is 20.1. The molecular formula is C14H18N2O. The largest absolute Gasteiger partial charge is 0.464 e. The first kappa shape index (κ1) is 10.8. The van der Waals surface area contributed by atoms with E-state index in [0.29, 0.717) is 6.04 Å². The van der Waals surface area contributed by atoms with Crippen LogP contribution in [0.5, 0.6) is 0 Å². The molecule has 1 unspecified atom stereocenters. The summed E-state index contributed by atoms with van der Waals surface area (Å²) in [6, 6.07) is 8.87. The van der Waals surface area contributed by atoms with E-state index in [2.05, 4.69) is 22.8 Å². The molecule has 1 fully saturated rings. The minimum Gasteiger partial charge on any atom is -0.464 e. The van der Waals surface area contributed by atoms with E-state index in [1.165, 1.54) is 17.4 Å². The van der Waals surface area contributed by atoms with E-state index >= 15 is 0 Å². The van der Waals surface area contributed by atoms with Gasteiger partial charge in [0.1, 0.15) is 5.58 Å². The zero-order valence-corrected chi connectivity index (χ0v) is 9.91. The van der Waals surface area contributed by atoms with Crippen LogP contribution >= 0.6 is 0 Å². The van der Waals surface area contributed by atoms with Gasteiger partial charge in [0.05, 0.1) is 6.26 Å². The van der Waals surface area contributed by atoms with Crippen molar-refractivity contribution in [2.24, 2.45) is 0 Å². The van der Waals surface area contributed by atoms with Gasteiger partial charge in [-0.1, -0.05) is 18.2 Å². The fraction of sp³-hybridized carbons (Fsp3) is 0.429. The smallest absolute Gasteiger partial charge is 0.134 e. The Balaban J connectivity index is 1.60. The number of hydrogen-bond donors (Lipinski definition) is 2. The number of rotatable bonds is 4. The van der Waals surface area contributed by atoms with Gasteiger partial charge in [-0.25, -0.2) is 0 Å². The van der Waals surface area contributed by atoms with Crippen LogP contribution in [0.3, 0.4) is 0 Å². The summed E-state index contributed by atoms with van der Waals surface area (Å²) < 4.78 is 5.53. The molecule has 2 heterocycles. The molecule has 1 saturated heterocycles. The molecule has 0 radical (unpaired) electrons. The van der Waals surface area contributed by atoms with Crippen molar-refractivity contribution in [1.29, 1.82) is 0 Å². The highest BCUT2D eigenvalue weighted by Crippen LogP contribution is 2.20. The lowest BCUT2D eigenvalue weighted by atomic mass is 10.1. The monoisotopic (exact) mass is 230 g/mol. The highest BCUT2D eigenvalue weighted by Gasteiger charge is 2.13. The summed E-state index contributed by atoms with van der Waals surface area (Å²) >= 11 is 0. The van der Waals surface area contributed by atoms with Gasteiger partial charge in [-0.2, -0.15) is 0 Å². The van der Waals surface area contributed by atoms with Crippen molar-refractivity contribution in [2.75, 3.05) is 19.6 Å². The first-order chi connectivity index (χ1) is 8.43. The van der Waals surface area contributed by atoms with Crippen molar-refractivity contribution in [3.05, 3.63) is 36.1 Å². The summed E-state index contributed by atoms with van der Waals surface area (Å²) in [7, 11) is 0. The number of para-hydroxylation sites is 1. The predicted molar refractivity (Wildman–Crippen MR) is 69.2 cm³/mol. The summed E-state index contributed by atoms with van der Waals surface area (Å²) in [5.41, 5.74) is 2.30. The van der Waals surface area contributed by atoms with Crippen LogP contribution in [0.25, 0.3) is 11.0 Å². The molecule has 0 bridgehead atoms. The minimum atomic E-state index is 0.646. The maximum Gasteiger partial charge on any atom is 0.134 e. The second-order valence-electron chi connectivity index (χ2n) is 4.65. The standard InChI is InChI=1S/C14H18N2O/c1-2-4-14-13(3-1)11(10-17-14)5-8-16-12-6-7-15-9-12/h1-4,10,12,15-16H,5-9H2. The molecule has 3 nitrogen and oxygen atoms in total. The van der Waals surface area contributed by atoms with Crippen LogP contribution in [0, 0.1) is 0 Å². The van der Waals surface area contributed by atoms with E-state index in [0.717, 1.165) is 31.6 Å². The van der Waals surface area contributed by atoms with Gasteiger partial charge < -0.3 is 15.1 Å². The summed E-state index contributed by atoms with van der Waals surface area (Å²) in [4.78, 5) is 0. The van der Waals surface area contributed by atoms with E-state index in [-0.39, 0.29) is 0 Å². The molecule has 2 aromatic rings. The zero-order valence-electron chi connectivity index (χ0n) is 9.91. The van der Waals surface area contributed by atoms with Gasteiger partial charge in [0.25, 0.3) is 0 Å². The summed E-state index contributed by atoms with van der Waals surface area (Å²) in [6.45, 7) is 3.27. The van der Waals surface area contributed by atoms with Crippen LogP contribution in [0.4, 0.5) is 0 Å². The zero-order chi connectivity index (χ0) is 11.5. The molecule has 1 atom stereocenters. The highest BCUT2D eigenvalue weighted by atomic mass is 16.3. The van der Waals surface area contributed by atoms with Crippen molar-refractivity contribution in [3.8, 4) is 0 Å². The molecule has 1 aliphatic heterocycles. The lowest BCUT2D eigenvalue weighted by Crippen LogP contribution is -2.32. The Morgan fingerprint density at radius 2 is 2.29 bits per heavy atom. The van der Waals surface area contributed by atoms with E-state index in [4.69, 9.17) is 4.42 Å². The van der Waals surface area contributed by atoms with Crippen molar-refractivity contribution in [3.63, 3.8) is 0 Å². The first-order valence-corrected chi connectivity index (χ1v) is 6.33. The number of furan rings is 1. The van der Waals surface area contributed by atoms with Gasteiger partial charge >= 0.3 is 0 Å². The fourth-order valence-corrected chi connectivity index (χ4v) is 2.47. The molecule has 17 heavy (non-hydrogen) atoms. The summed E-state index contributed by atoms with van der Waals surface area (Å²) in [6.07, 6.45) is 4.17. The van der Waals surface area contributed by atoms with Gasteiger partial charge in [0.15, 0.2) is 0 Å². The number of benzene rings is 1. The van der Waals surface area contributed by atoms with E-state index < -0.39 is 0 Å². The first-order valence-electron chi connectivity index (χ1n) is 6.33. The second kappa shape index (κ2) is 4.90. The third kappa shape index (κ3) is 2.35. The number of fused-ring (bicyclic) bond motifs is 1. The third-order valence-corrected chi connectivity index (χ3v) is 3.45. The average molecular weight is 230 g/mol. The van der Waals surface area contributed by atoms with Crippen molar-refractivity contribution < 1.29 is 4.42 Å². The van der Waals surface area contributed by atoms with Gasteiger partial charge in [-0.15, -0.1) is 0 Å². The Hall–Kier alpha value is -1.32. The van der Waals surface area contributed by atoms with Crippen LogP contribution in [0.2, 0.25) is 0 Å². The number of hydrogen-bond acceptors (Lipinski definition) is 3. The van der Waals surface area contributed by atoms with E-state index in [1.54, 1.807) is 0 Å². The van der Waals surface area contributed by atoms with Crippen molar-refractivity contribution in [1.82, 2.24) is 10.6 Å². The molecule has 0 spiro atoms. The van der Waals surface area contributed by atoms with Crippen LogP contribution in [-0.2, 0) is 6.42 Å². The van der Waals surface area contributed by atoms with Crippen LogP contribution in [0.1, 0.15) is 12.0 Å². The Morgan fingerprint density at radius 3 is 3.18 bits per heavy atom. The quantitative estimate of drug-likeness (QED) is 0.842. The van der Waals surface area contributed by atoms with Gasteiger partial charge in [0.2, 0.25) is 0 Å². The van der Waals surface area contributed by atoms with Crippen molar-refractivity contribution >= 4 is 11.0 Å². The molecule has 3 heteroatoms. The second-order valence-corrected chi connectivity index (χ2v) is 4.65. The molecule has 1 aliphatic rings. The SMILES string of the molecule is c1ccc2c(CCNC3CCNC3)coc2c1. The summed E-state index contributed by atoms with van der Waals surface area (Å²) in [5, 5.41) is 8.19. The van der Waals surface area contributed by atoms with Gasteiger partial charge in [0, 0.05) is 18.0 Å². The van der Waals surface area contributed by atoms with Crippen LogP contribution < -0.4 is 10.6 Å².